The number of carbonyl (C=O) groups excluding carboxylic acids is 1. The van der Waals surface area contributed by atoms with Crippen LogP contribution in [0.15, 0.2) is 53.3 Å². The highest BCUT2D eigenvalue weighted by Gasteiger charge is 2.39. The molecule has 1 unspecified atom stereocenters. The number of nitrogens with zero attached hydrogens (tertiary/aromatic N) is 7. The third kappa shape index (κ3) is 5.94. The number of para-hydroxylation sites is 1. The van der Waals surface area contributed by atoms with E-state index in [1.165, 1.54) is 28.9 Å². The summed E-state index contributed by atoms with van der Waals surface area (Å²) in [6.45, 7) is -0.634. The van der Waals surface area contributed by atoms with Crippen molar-refractivity contribution in [2.24, 2.45) is 11.7 Å². The Morgan fingerprint density at radius 1 is 1.12 bits per heavy atom. The zero-order chi connectivity index (χ0) is 29.5. The molecule has 5 rings (SSSR count). The zero-order valence-corrected chi connectivity index (χ0v) is 22.7. The first-order valence-electron chi connectivity index (χ1n) is 12.4. The van der Waals surface area contributed by atoms with Gasteiger partial charge in [-0.25, -0.2) is 9.48 Å². The monoisotopic (exact) mass is 610 g/mol. The molecule has 0 aliphatic carbocycles. The quantitative estimate of drug-likeness (QED) is 0.313. The molecule has 4 aromatic rings. The first kappa shape index (κ1) is 28.6. The largest absolute Gasteiger partial charge is 0.416 e. The van der Waals surface area contributed by atoms with Crippen molar-refractivity contribution in [2.75, 3.05) is 18.0 Å². The molecule has 1 saturated heterocycles. The number of aliphatic hydroxyl groups excluding tert-OH is 1. The van der Waals surface area contributed by atoms with Crippen LogP contribution in [-0.4, -0.2) is 65.5 Å². The minimum atomic E-state index is -4.96. The number of amides is 1. The van der Waals surface area contributed by atoms with E-state index in [0.29, 0.717) is 46.8 Å². The SMILES string of the molecule is NC(=O)[C@@H]1CCN(c2nc(Cn3nc(-c4ccc(Cl)cc4)n(CC(O)C(F)(F)F)c3=O)nn2-c2ccccc2Cl)C1. The minimum absolute atomic E-state index is 0.105. The highest BCUT2D eigenvalue weighted by molar-refractivity contribution is 6.32. The number of anilines is 1. The zero-order valence-electron chi connectivity index (χ0n) is 21.2. The van der Waals surface area contributed by atoms with Gasteiger partial charge in [-0.3, -0.25) is 9.36 Å². The number of aromatic nitrogens is 6. The van der Waals surface area contributed by atoms with Crippen molar-refractivity contribution < 1.29 is 23.1 Å². The van der Waals surface area contributed by atoms with Gasteiger partial charge in [0.1, 0.15) is 6.54 Å². The summed E-state index contributed by atoms with van der Waals surface area (Å²) in [6, 6.07) is 12.9. The number of hydrogen-bond acceptors (Lipinski definition) is 7. The molecule has 1 fully saturated rings. The van der Waals surface area contributed by atoms with E-state index in [4.69, 9.17) is 28.9 Å². The Labute approximate surface area is 240 Å². The maximum atomic E-state index is 13.3. The molecule has 11 nitrogen and oxygen atoms in total. The number of benzene rings is 2. The fraction of sp³-hybridized carbons (Fsp3) is 0.320. The van der Waals surface area contributed by atoms with Crippen molar-refractivity contribution in [1.82, 2.24) is 29.1 Å². The summed E-state index contributed by atoms with van der Waals surface area (Å²) < 4.78 is 42.7. The summed E-state index contributed by atoms with van der Waals surface area (Å²) in [5.41, 5.74) is 5.38. The van der Waals surface area contributed by atoms with Crippen LogP contribution in [0.2, 0.25) is 10.0 Å². The maximum absolute atomic E-state index is 13.3. The van der Waals surface area contributed by atoms with Gasteiger partial charge in [-0.15, -0.1) is 10.2 Å². The summed E-state index contributed by atoms with van der Waals surface area (Å²) >= 11 is 12.4. The van der Waals surface area contributed by atoms with Gasteiger partial charge in [0.15, 0.2) is 17.8 Å². The van der Waals surface area contributed by atoms with Gasteiger partial charge >= 0.3 is 11.9 Å². The first-order valence-corrected chi connectivity index (χ1v) is 13.1. The van der Waals surface area contributed by atoms with Gasteiger partial charge in [-0.1, -0.05) is 35.3 Å². The Kier molecular flexibility index (Phi) is 7.81. The van der Waals surface area contributed by atoms with E-state index in [1.807, 2.05) is 4.90 Å². The number of halogens is 5. The van der Waals surface area contributed by atoms with Crippen LogP contribution in [0.1, 0.15) is 12.2 Å². The molecule has 0 bridgehead atoms. The molecular formula is C25H23Cl2F3N8O3. The second-order valence-corrected chi connectivity index (χ2v) is 10.3. The van der Waals surface area contributed by atoms with Crippen molar-refractivity contribution in [2.45, 2.75) is 31.8 Å². The molecule has 2 atom stereocenters. The third-order valence-electron chi connectivity index (χ3n) is 6.64. The predicted molar refractivity (Wildman–Crippen MR) is 144 cm³/mol. The fourth-order valence-electron chi connectivity index (χ4n) is 4.51. The van der Waals surface area contributed by atoms with Gasteiger partial charge in [0.05, 0.1) is 23.2 Å². The highest BCUT2D eigenvalue weighted by Crippen LogP contribution is 2.29. The van der Waals surface area contributed by atoms with Crippen molar-refractivity contribution in [3.05, 3.63) is 74.9 Å². The highest BCUT2D eigenvalue weighted by atomic mass is 35.5. The number of primary amides is 1. The Balaban J connectivity index is 1.56. The lowest BCUT2D eigenvalue weighted by Gasteiger charge is -2.18. The summed E-state index contributed by atoms with van der Waals surface area (Å²) in [6.07, 6.45) is -7.25. The molecule has 3 heterocycles. The lowest BCUT2D eigenvalue weighted by Crippen LogP contribution is -2.37. The number of rotatable bonds is 8. The van der Waals surface area contributed by atoms with E-state index in [1.54, 1.807) is 24.3 Å². The normalized spacial score (nSPS) is 16.3. The van der Waals surface area contributed by atoms with E-state index in [-0.39, 0.29) is 18.2 Å². The van der Waals surface area contributed by atoms with Gasteiger partial charge in [-0.05, 0) is 42.8 Å². The Morgan fingerprint density at radius 2 is 1.83 bits per heavy atom. The van der Waals surface area contributed by atoms with Crippen LogP contribution in [0.5, 0.6) is 0 Å². The molecule has 0 spiro atoms. The smallest absolute Gasteiger partial charge is 0.382 e. The lowest BCUT2D eigenvalue weighted by molar-refractivity contribution is -0.207. The van der Waals surface area contributed by atoms with E-state index in [2.05, 4.69) is 15.2 Å². The fourth-order valence-corrected chi connectivity index (χ4v) is 4.85. The molecule has 1 aliphatic heterocycles. The van der Waals surface area contributed by atoms with Crippen LogP contribution in [0.4, 0.5) is 19.1 Å². The van der Waals surface area contributed by atoms with Gasteiger partial charge in [-0.2, -0.15) is 22.8 Å². The van der Waals surface area contributed by atoms with Gasteiger partial charge in [0.2, 0.25) is 11.9 Å². The van der Waals surface area contributed by atoms with E-state index >= 15 is 0 Å². The average Bonchev–Trinajstić information content (AvgIpc) is 3.64. The summed E-state index contributed by atoms with van der Waals surface area (Å²) in [5.74, 6) is -0.493. The molecule has 3 N–H and O–H groups in total. The Hall–Kier alpha value is -3.88. The van der Waals surface area contributed by atoms with Crippen molar-refractivity contribution in [3.63, 3.8) is 0 Å². The van der Waals surface area contributed by atoms with Gasteiger partial charge in [0, 0.05) is 23.7 Å². The summed E-state index contributed by atoms with van der Waals surface area (Å²) in [7, 11) is 0. The molecule has 0 radical (unpaired) electrons. The van der Waals surface area contributed by atoms with E-state index in [9.17, 15) is 27.9 Å². The number of alkyl halides is 3. The summed E-state index contributed by atoms with van der Waals surface area (Å²) in [4.78, 5) is 31.5. The Bertz CT molecular complexity index is 1630. The van der Waals surface area contributed by atoms with Crippen LogP contribution < -0.4 is 16.3 Å². The topological polar surface area (TPSA) is 137 Å². The van der Waals surface area contributed by atoms with Crippen LogP contribution in [0, 0.1) is 5.92 Å². The van der Waals surface area contributed by atoms with Crippen LogP contribution in [0.25, 0.3) is 17.1 Å². The molecule has 41 heavy (non-hydrogen) atoms. The van der Waals surface area contributed by atoms with Gasteiger partial charge in [0.25, 0.3) is 0 Å². The molecule has 1 aliphatic rings. The summed E-state index contributed by atoms with van der Waals surface area (Å²) in [5, 5.41) is 19.2. The maximum Gasteiger partial charge on any atom is 0.416 e. The van der Waals surface area contributed by atoms with Gasteiger partial charge < -0.3 is 15.7 Å². The molecular weight excluding hydrogens is 588 g/mol. The Morgan fingerprint density at radius 3 is 2.46 bits per heavy atom. The number of nitrogens with two attached hydrogens (primary N) is 1. The first-order chi connectivity index (χ1) is 19.4. The average molecular weight is 611 g/mol. The van der Waals surface area contributed by atoms with E-state index < -0.39 is 36.3 Å². The number of hydrogen-bond donors (Lipinski definition) is 2. The standard InChI is InChI=1S/C25H23Cl2F3N8O3/c26-16-7-5-14(6-8-16)22-34-37(24(41)36(22)12-19(39)25(28,29)30)13-20-32-23(35-10-9-15(11-35)21(31)40)38(33-20)18-4-2-1-3-17(18)27/h1-8,15,19,39H,9-13H2,(H2,31,40)/t15-,19?/m1/s1. The molecule has 2 aromatic carbocycles. The van der Waals surface area contributed by atoms with Crippen molar-refractivity contribution >= 4 is 35.1 Å². The molecule has 16 heteroatoms. The lowest BCUT2D eigenvalue weighted by atomic mass is 10.1. The minimum Gasteiger partial charge on any atom is -0.382 e. The molecule has 2 aromatic heterocycles. The van der Waals surface area contributed by atoms with Crippen molar-refractivity contribution in [1.29, 1.82) is 0 Å². The van der Waals surface area contributed by atoms with E-state index in [0.717, 1.165) is 9.25 Å². The number of aliphatic hydroxyl groups is 1. The van der Waals surface area contributed by atoms with Crippen LogP contribution in [-0.2, 0) is 17.9 Å². The molecule has 216 valence electrons. The number of carbonyl (C=O) groups is 1. The second kappa shape index (κ2) is 11.2. The van der Waals surface area contributed by atoms with Crippen LogP contribution >= 0.6 is 23.2 Å². The van der Waals surface area contributed by atoms with Crippen LogP contribution in [0.3, 0.4) is 0 Å². The molecule has 0 saturated carbocycles. The second-order valence-electron chi connectivity index (χ2n) is 9.46. The van der Waals surface area contributed by atoms with Crippen molar-refractivity contribution in [3.8, 4) is 17.1 Å². The molecule has 1 amide bonds. The predicted octanol–water partition coefficient (Wildman–Crippen LogP) is 2.88. The third-order valence-corrected chi connectivity index (χ3v) is 7.21.